The number of ketones is 1. The van der Waals surface area contributed by atoms with E-state index in [2.05, 4.69) is 11.5 Å². The summed E-state index contributed by atoms with van der Waals surface area (Å²) in [7, 11) is 4.47. The lowest BCUT2D eigenvalue weighted by Crippen LogP contribution is -2.49. The molecular weight excluding hydrogens is 412 g/mol. The van der Waals surface area contributed by atoms with Crippen molar-refractivity contribution < 1.29 is 23.8 Å². The molecule has 9 heteroatoms. The highest BCUT2D eigenvalue weighted by Crippen LogP contribution is 2.52. The average Bonchev–Trinajstić information content (AvgIpc) is 2.73. The van der Waals surface area contributed by atoms with Gasteiger partial charge in [-0.1, -0.05) is 19.9 Å². The monoisotopic (exact) mass is 440 g/mol. The van der Waals surface area contributed by atoms with E-state index < -0.39 is 5.92 Å². The fourth-order valence-electron chi connectivity index (χ4n) is 4.46. The molecule has 0 radical (unpaired) electrons. The number of carbonyl (C=O) groups excluding carboxylic acids is 2. The number of rotatable bonds is 5. The van der Waals surface area contributed by atoms with Crippen molar-refractivity contribution in [2.75, 3.05) is 21.3 Å². The largest absolute Gasteiger partial charge is 0.493 e. The van der Waals surface area contributed by atoms with Crippen LogP contribution in [0.2, 0.25) is 0 Å². The van der Waals surface area contributed by atoms with Gasteiger partial charge in [-0.2, -0.15) is 5.26 Å². The fourth-order valence-corrected chi connectivity index (χ4v) is 4.46. The molecule has 0 saturated carbocycles. The van der Waals surface area contributed by atoms with Crippen LogP contribution in [0.4, 0.5) is 0 Å². The van der Waals surface area contributed by atoms with E-state index in [-0.39, 0.29) is 28.5 Å². The summed E-state index contributed by atoms with van der Waals surface area (Å²) < 4.78 is 16.5. The van der Waals surface area contributed by atoms with Gasteiger partial charge in [0, 0.05) is 24.5 Å². The van der Waals surface area contributed by atoms with Gasteiger partial charge in [0.2, 0.25) is 11.7 Å². The summed E-state index contributed by atoms with van der Waals surface area (Å²) in [5, 5.41) is 11.4. The maximum Gasteiger partial charge on any atom is 0.235 e. The molecule has 1 aliphatic carbocycles. The van der Waals surface area contributed by atoms with Crippen LogP contribution < -0.4 is 25.4 Å². The molecule has 3 rings (SSSR count). The van der Waals surface area contributed by atoms with Crippen molar-refractivity contribution in [1.82, 2.24) is 10.4 Å². The number of hydrogen-bond donors (Lipinski definition) is 2. The number of methoxy groups -OCH3 is 3. The van der Waals surface area contributed by atoms with Gasteiger partial charge in [-0.3, -0.25) is 15.0 Å². The number of carbonyl (C=O) groups is 2. The molecule has 1 unspecified atom stereocenters. The molecule has 9 nitrogen and oxygen atoms in total. The molecule has 0 spiro atoms. The van der Waals surface area contributed by atoms with Gasteiger partial charge in [-0.05, 0) is 17.9 Å². The van der Waals surface area contributed by atoms with Gasteiger partial charge in [0.15, 0.2) is 17.3 Å². The first-order chi connectivity index (χ1) is 15.1. The molecule has 0 fully saturated rings. The molecule has 0 saturated heterocycles. The minimum atomic E-state index is -0.779. The van der Waals surface area contributed by atoms with Crippen LogP contribution in [-0.4, -0.2) is 38.0 Å². The molecule has 2 aliphatic rings. The standard InChI is InChI=1S/C23H28N4O5/c1-12(28)26-27-15-9-23(2,3)10-16(29)19(15)18(14(11-24)22(27)25)13-7-8-17(30-4)21(32-6)20(13)31-5/h7-8,18H,9-10,25H2,1-6H3,(H,26,28). The molecule has 1 aromatic rings. The van der Waals surface area contributed by atoms with Gasteiger partial charge < -0.3 is 19.9 Å². The number of hydrogen-bond acceptors (Lipinski definition) is 8. The number of allylic oxidation sites excluding steroid dienone is 3. The Kier molecular flexibility index (Phi) is 6.08. The maximum absolute atomic E-state index is 13.4. The Morgan fingerprint density at radius 3 is 2.38 bits per heavy atom. The van der Waals surface area contributed by atoms with Crippen molar-refractivity contribution in [1.29, 1.82) is 5.26 Å². The summed E-state index contributed by atoms with van der Waals surface area (Å²) in [5.74, 6) is -0.0614. The Bertz CT molecular complexity index is 1080. The second-order valence-electron chi connectivity index (χ2n) is 8.57. The Morgan fingerprint density at radius 2 is 1.84 bits per heavy atom. The molecule has 0 bridgehead atoms. The van der Waals surface area contributed by atoms with Crippen molar-refractivity contribution in [3.05, 3.63) is 40.4 Å². The lowest BCUT2D eigenvalue weighted by molar-refractivity contribution is -0.123. The zero-order valence-electron chi connectivity index (χ0n) is 19.2. The first kappa shape index (κ1) is 23.0. The van der Waals surface area contributed by atoms with Gasteiger partial charge in [0.1, 0.15) is 5.82 Å². The van der Waals surface area contributed by atoms with Crippen LogP contribution in [0.1, 0.15) is 45.1 Å². The summed E-state index contributed by atoms with van der Waals surface area (Å²) in [5.41, 5.74) is 10.4. The number of nitrogens with one attached hydrogen (secondary N) is 1. The van der Waals surface area contributed by atoms with Crippen molar-refractivity contribution in [2.45, 2.75) is 39.5 Å². The molecule has 1 aliphatic heterocycles. The summed E-state index contributed by atoms with van der Waals surface area (Å²) in [4.78, 5) is 25.3. The second-order valence-corrected chi connectivity index (χ2v) is 8.57. The number of hydrazine groups is 1. The zero-order valence-corrected chi connectivity index (χ0v) is 19.2. The average molecular weight is 441 g/mol. The van der Waals surface area contributed by atoms with Gasteiger partial charge in [-0.25, -0.2) is 5.01 Å². The smallest absolute Gasteiger partial charge is 0.235 e. The van der Waals surface area contributed by atoms with Crippen molar-refractivity contribution >= 4 is 11.7 Å². The van der Waals surface area contributed by atoms with E-state index in [1.807, 2.05) is 13.8 Å². The lowest BCUT2D eigenvalue weighted by Gasteiger charge is -2.43. The molecule has 1 amide bonds. The van der Waals surface area contributed by atoms with Crippen LogP contribution in [0.3, 0.4) is 0 Å². The maximum atomic E-state index is 13.4. The number of nitrogens with zero attached hydrogens (tertiary/aromatic N) is 2. The lowest BCUT2D eigenvalue weighted by atomic mass is 9.69. The van der Waals surface area contributed by atoms with E-state index in [1.54, 1.807) is 12.1 Å². The van der Waals surface area contributed by atoms with Crippen LogP contribution >= 0.6 is 0 Å². The van der Waals surface area contributed by atoms with E-state index in [0.717, 1.165) is 0 Å². The normalized spacial score (nSPS) is 19.8. The highest BCUT2D eigenvalue weighted by molar-refractivity contribution is 6.00. The molecule has 1 heterocycles. The number of amides is 1. The van der Waals surface area contributed by atoms with E-state index in [9.17, 15) is 14.9 Å². The number of ether oxygens (including phenoxy) is 3. The minimum absolute atomic E-state index is 0.0637. The van der Waals surface area contributed by atoms with Crippen LogP contribution in [0, 0.1) is 16.7 Å². The summed E-state index contributed by atoms with van der Waals surface area (Å²) in [6.45, 7) is 5.30. The van der Waals surface area contributed by atoms with E-state index >= 15 is 0 Å². The quantitative estimate of drug-likeness (QED) is 0.715. The van der Waals surface area contributed by atoms with Gasteiger partial charge in [-0.15, -0.1) is 0 Å². The van der Waals surface area contributed by atoms with Crippen LogP contribution in [0.15, 0.2) is 34.8 Å². The summed E-state index contributed by atoms with van der Waals surface area (Å²) in [6, 6.07) is 5.58. The number of nitrogens with two attached hydrogens (primary N) is 1. The highest BCUT2D eigenvalue weighted by Gasteiger charge is 2.45. The SMILES string of the molecule is COc1ccc(C2C(C#N)=C(N)N(NC(C)=O)C3=C2C(=O)CC(C)(C)C3)c(OC)c1OC. The second kappa shape index (κ2) is 8.46. The third-order valence-electron chi connectivity index (χ3n) is 5.70. The van der Waals surface area contributed by atoms with Crippen LogP contribution in [-0.2, 0) is 9.59 Å². The van der Waals surface area contributed by atoms with Crippen molar-refractivity contribution in [3.8, 4) is 23.3 Å². The molecule has 0 aromatic heterocycles. The molecule has 1 atom stereocenters. The third kappa shape index (κ3) is 3.73. The minimum Gasteiger partial charge on any atom is -0.493 e. The Labute approximate surface area is 187 Å². The summed E-state index contributed by atoms with van der Waals surface area (Å²) >= 11 is 0. The van der Waals surface area contributed by atoms with E-state index in [1.165, 1.54) is 33.3 Å². The number of nitriles is 1. The molecule has 1 aromatic carbocycles. The van der Waals surface area contributed by atoms with E-state index in [0.29, 0.717) is 46.9 Å². The Hall–Kier alpha value is -3.67. The first-order valence-corrected chi connectivity index (χ1v) is 10.1. The van der Waals surface area contributed by atoms with Crippen molar-refractivity contribution in [2.24, 2.45) is 11.1 Å². The van der Waals surface area contributed by atoms with Gasteiger partial charge >= 0.3 is 0 Å². The predicted molar refractivity (Wildman–Crippen MR) is 116 cm³/mol. The zero-order chi connectivity index (χ0) is 23.8. The van der Waals surface area contributed by atoms with Gasteiger partial charge in [0.05, 0.1) is 44.6 Å². The molecule has 170 valence electrons. The van der Waals surface area contributed by atoms with E-state index in [4.69, 9.17) is 19.9 Å². The molecular formula is C23H28N4O5. The highest BCUT2D eigenvalue weighted by atomic mass is 16.5. The molecule has 3 N–H and O–H groups in total. The third-order valence-corrected chi connectivity index (χ3v) is 5.70. The fraction of sp³-hybridized carbons (Fsp3) is 0.435. The van der Waals surface area contributed by atoms with Crippen LogP contribution in [0.5, 0.6) is 17.2 Å². The Balaban J connectivity index is 2.36. The van der Waals surface area contributed by atoms with Crippen LogP contribution in [0.25, 0.3) is 0 Å². The van der Waals surface area contributed by atoms with Crippen molar-refractivity contribution in [3.63, 3.8) is 0 Å². The topological polar surface area (TPSA) is 127 Å². The number of benzene rings is 1. The first-order valence-electron chi connectivity index (χ1n) is 10.1. The Morgan fingerprint density at radius 1 is 1.19 bits per heavy atom. The number of Topliss-reactive ketones (excluding diaryl/α,β-unsaturated/α-hetero) is 1. The molecule has 32 heavy (non-hydrogen) atoms. The predicted octanol–water partition coefficient (Wildman–Crippen LogP) is 2.50. The summed E-state index contributed by atoms with van der Waals surface area (Å²) in [6.07, 6.45) is 0.782. The van der Waals surface area contributed by atoms with Gasteiger partial charge in [0.25, 0.3) is 0 Å².